The Morgan fingerprint density at radius 3 is 2.39 bits per heavy atom. The summed E-state index contributed by atoms with van der Waals surface area (Å²) in [6.45, 7) is 4.79. The van der Waals surface area contributed by atoms with Crippen LogP contribution in [0.1, 0.15) is 19.4 Å². The van der Waals surface area contributed by atoms with Crippen molar-refractivity contribution in [1.82, 2.24) is 9.97 Å². The Morgan fingerprint density at radius 2 is 1.77 bits per heavy atom. The van der Waals surface area contributed by atoms with Gasteiger partial charge in [-0.15, -0.1) is 0 Å². The molecule has 1 atom stereocenters. The van der Waals surface area contributed by atoms with Gasteiger partial charge < -0.3 is 19.6 Å². The van der Waals surface area contributed by atoms with Crippen molar-refractivity contribution in [1.29, 1.82) is 0 Å². The molecule has 0 aliphatic carbocycles. The molecule has 3 rings (SSSR count). The Bertz CT molecular complexity index is 1220. The maximum Gasteiger partial charge on any atom is 0.254 e. The number of hydrogen-bond donors (Lipinski definition) is 2. The van der Waals surface area contributed by atoms with E-state index < -0.39 is 15.9 Å². The van der Waals surface area contributed by atoms with Gasteiger partial charge in [0, 0.05) is 23.4 Å². The van der Waals surface area contributed by atoms with Crippen LogP contribution in [0.25, 0.3) is 11.4 Å². The van der Waals surface area contributed by atoms with Crippen LogP contribution in [0.4, 0.5) is 0 Å². The van der Waals surface area contributed by atoms with Gasteiger partial charge in [0.05, 0.1) is 17.3 Å². The molecule has 0 aliphatic heterocycles. The fourth-order valence-corrected chi connectivity index (χ4v) is 3.61. The highest BCUT2D eigenvalue weighted by Gasteiger charge is 2.13. The van der Waals surface area contributed by atoms with Gasteiger partial charge in [-0.3, -0.25) is 4.79 Å². The van der Waals surface area contributed by atoms with E-state index in [9.17, 15) is 18.3 Å². The van der Waals surface area contributed by atoms with Crippen molar-refractivity contribution in [2.24, 2.45) is 0 Å². The zero-order chi connectivity index (χ0) is 22.6. The molecule has 1 aromatic heterocycles. The number of rotatable bonds is 8. The molecule has 9 heteroatoms. The van der Waals surface area contributed by atoms with E-state index in [4.69, 9.17) is 9.47 Å². The van der Waals surface area contributed by atoms with E-state index in [-0.39, 0.29) is 22.8 Å². The summed E-state index contributed by atoms with van der Waals surface area (Å²) in [6.07, 6.45) is 1.03. The van der Waals surface area contributed by atoms with E-state index in [1.807, 2.05) is 0 Å². The standard InChI is InChI=1S/C22H24N2O6S/c1-4-31(27,28)20-7-5-17(6-8-20)30-19-10-16(9-18(11-19)29-15(3)13-25)21-23-12-14(2)22(26)24-21/h5-12,15,25H,4,13H2,1-3H3,(H,23,24,26). The Kier molecular flexibility index (Phi) is 6.77. The van der Waals surface area contributed by atoms with Gasteiger partial charge in [-0.1, -0.05) is 6.92 Å². The van der Waals surface area contributed by atoms with Crippen LogP contribution in [-0.2, 0) is 9.84 Å². The Morgan fingerprint density at radius 1 is 1.10 bits per heavy atom. The second-order valence-electron chi connectivity index (χ2n) is 7.02. The molecular formula is C22H24N2O6S. The summed E-state index contributed by atoms with van der Waals surface area (Å²) >= 11 is 0. The summed E-state index contributed by atoms with van der Waals surface area (Å²) in [7, 11) is -3.30. The lowest BCUT2D eigenvalue weighted by atomic mass is 10.1. The van der Waals surface area contributed by atoms with Crippen LogP contribution in [-0.4, -0.2) is 42.0 Å². The lowest BCUT2D eigenvalue weighted by molar-refractivity contribution is 0.129. The molecule has 0 saturated heterocycles. The van der Waals surface area contributed by atoms with Crippen molar-refractivity contribution in [3.63, 3.8) is 0 Å². The first-order valence-corrected chi connectivity index (χ1v) is 11.4. The van der Waals surface area contributed by atoms with Crippen LogP contribution < -0.4 is 15.0 Å². The van der Waals surface area contributed by atoms with Crippen molar-refractivity contribution < 1.29 is 23.0 Å². The predicted octanol–water partition coefficient (Wildman–Crippen LogP) is 3.09. The molecule has 0 spiro atoms. The van der Waals surface area contributed by atoms with Crippen molar-refractivity contribution in [3.05, 3.63) is 64.6 Å². The molecule has 1 heterocycles. The molecular weight excluding hydrogens is 420 g/mol. The SMILES string of the molecule is CCS(=O)(=O)c1ccc(Oc2cc(OC(C)CO)cc(-c3ncc(C)c(=O)[nH]3)c2)cc1. The van der Waals surface area contributed by atoms with Gasteiger partial charge >= 0.3 is 0 Å². The third kappa shape index (κ3) is 5.50. The van der Waals surface area contributed by atoms with E-state index in [0.29, 0.717) is 34.2 Å². The average Bonchev–Trinajstić information content (AvgIpc) is 2.75. The molecule has 164 valence electrons. The normalized spacial score (nSPS) is 12.4. The van der Waals surface area contributed by atoms with Gasteiger partial charge in [0.1, 0.15) is 29.2 Å². The van der Waals surface area contributed by atoms with Gasteiger partial charge in [0.25, 0.3) is 5.56 Å². The number of nitrogens with one attached hydrogen (secondary N) is 1. The number of hydrogen-bond acceptors (Lipinski definition) is 7. The number of benzene rings is 2. The molecule has 31 heavy (non-hydrogen) atoms. The molecule has 1 unspecified atom stereocenters. The van der Waals surface area contributed by atoms with Crippen LogP contribution >= 0.6 is 0 Å². The lowest BCUT2D eigenvalue weighted by Crippen LogP contribution is -2.16. The topological polar surface area (TPSA) is 119 Å². The molecule has 0 amide bonds. The van der Waals surface area contributed by atoms with Crippen LogP contribution in [0.15, 0.2) is 58.4 Å². The number of ether oxygens (including phenoxy) is 2. The van der Waals surface area contributed by atoms with Crippen LogP contribution in [0.3, 0.4) is 0 Å². The highest BCUT2D eigenvalue weighted by molar-refractivity contribution is 7.91. The number of aliphatic hydroxyl groups excluding tert-OH is 1. The van der Waals surface area contributed by atoms with Crippen molar-refractivity contribution >= 4 is 9.84 Å². The minimum absolute atomic E-state index is 0.0146. The van der Waals surface area contributed by atoms with Crippen molar-refractivity contribution in [2.75, 3.05) is 12.4 Å². The zero-order valence-corrected chi connectivity index (χ0v) is 18.3. The fourth-order valence-electron chi connectivity index (χ4n) is 2.73. The van der Waals surface area contributed by atoms with E-state index in [0.717, 1.165) is 0 Å². The van der Waals surface area contributed by atoms with E-state index in [1.165, 1.54) is 18.3 Å². The average molecular weight is 445 g/mol. The van der Waals surface area contributed by atoms with Gasteiger partial charge in [0.2, 0.25) is 0 Å². The van der Waals surface area contributed by atoms with Crippen LogP contribution in [0.2, 0.25) is 0 Å². The van der Waals surface area contributed by atoms with E-state index in [1.54, 1.807) is 51.1 Å². The molecule has 0 saturated carbocycles. The van der Waals surface area contributed by atoms with Gasteiger partial charge in [0.15, 0.2) is 9.84 Å². The molecule has 0 radical (unpaired) electrons. The number of aryl methyl sites for hydroxylation is 1. The summed E-state index contributed by atoms with van der Waals surface area (Å²) in [5.41, 5.74) is 0.791. The summed E-state index contributed by atoms with van der Waals surface area (Å²) in [5, 5.41) is 9.30. The number of aliphatic hydroxyl groups is 1. The molecule has 3 aromatic rings. The quantitative estimate of drug-likeness (QED) is 0.548. The lowest BCUT2D eigenvalue weighted by Gasteiger charge is -2.15. The highest BCUT2D eigenvalue weighted by Crippen LogP contribution is 2.32. The Hall–Kier alpha value is -3.17. The van der Waals surface area contributed by atoms with Gasteiger partial charge in [-0.25, -0.2) is 13.4 Å². The molecule has 2 N–H and O–H groups in total. The highest BCUT2D eigenvalue weighted by atomic mass is 32.2. The first-order valence-electron chi connectivity index (χ1n) is 9.71. The molecule has 0 aliphatic rings. The first kappa shape index (κ1) is 22.5. The third-order valence-corrected chi connectivity index (χ3v) is 6.27. The van der Waals surface area contributed by atoms with Crippen molar-refractivity contribution in [3.8, 4) is 28.6 Å². The summed E-state index contributed by atoms with van der Waals surface area (Å²) in [5.74, 6) is 1.60. The maximum atomic E-state index is 12.0. The predicted molar refractivity (Wildman–Crippen MR) is 116 cm³/mol. The monoisotopic (exact) mass is 444 g/mol. The van der Waals surface area contributed by atoms with Crippen molar-refractivity contribution in [2.45, 2.75) is 31.8 Å². The molecule has 2 aromatic carbocycles. The minimum atomic E-state index is -3.30. The smallest absolute Gasteiger partial charge is 0.254 e. The number of H-pyrrole nitrogens is 1. The second kappa shape index (κ2) is 9.32. The van der Waals surface area contributed by atoms with Crippen LogP contribution in [0, 0.1) is 6.92 Å². The first-order chi connectivity index (χ1) is 14.7. The van der Waals surface area contributed by atoms with E-state index >= 15 is 0 Å². The number of nitrogens with zero attached hydrogens (tertiary/aromatic N) is 1. The summed E-state index contributed by atoms with van der Waals surface area (Å²) in [4.78, 5) is 19.2. The Labute approximate surface area is 180 Å². The van der Waals surface area contributed by atoms with Gasteiger partial charge in [-0.05, 0) is 50.2 Å². The second-order valence-corrected chi connectivity index (χ2v) is 9.30. The molecule has 0 bridgehead atoms. The largest absolute Gasteiger partial charge is 0.488 e. The Balaban J connectivity index is 1.97. The maximum absolute atomic E-state index is 12.0. The summed E-state index contributed by atoms with van der Waals surface area (Å²) in [6, 6.07) is 11.1. The fraction of sp³-hybridized carbons (Fsp3) is 0.273. The van der Waals surface area contributed by atoms with E-state index in [2.05, 4.69) is 9.97 Å². The zero-order valence-electron chi connectivity index (χ0n) is 17.5. The third-order valence-electron chi connectivity index (χ3n) is 4.52. The van der Waals surface area contributed by atoms with Gasteiger partial charge in [-0.2, -0.15) is 0 Å². The molecule has 0 fully saturated rings. The number of aromatic nitrogens is 2. The summed E-state index contributed by atoms with van der Waals surface area (Å²) < 4.78 is 35.6. The number of aromatic amines is 1. The van der Waals surface area contributed by atoms with Crippen LogP contribution in [0.5, 0.6) is 17.2 Å². The molecule has 8 nitrogen and oxygen atoms in total. The minimum Gasteiger partial charge on any atom is -0.488 e. The number of sulfone groups is 1.